The fourth-order valence-corrected chi connectivity index (χ4v) is 3.74. The Balaban J connectivity index is 2.67. The van der Waals surface area contributed by atoms with Crippen LogP contribution in [0.4, 0.5) is 0 Å². The van der Waals surface area contributed by atoms with Crippen molar-refractivity contribution in [2.75, 3.05) is 13.1 Å². The fourth-order valence-electron chi connectivity index (χ4n) is 3.74. The third kappa shape index (κ3) is 3.96. The summed E-state index contributed by atoms with van der Waals surface area (Å²) in [7, 11) is 0. The number of aliphatic hydroxyl groups is 1. The van der Waals surface area contributed by atoms with Crippen LogP contribution in [-0.4, -0.2) is 35.2 Å². The predicted octanol–water partition coefficient (Wildman–Crippen LogP) is 3.54. The van der Waals surface area contributed by atoms with Gasteiger partial charge in [-0.25, -0.2) is 0 Å². The Bertz CT molecular complexity index is 215. The SMILES string of the molecule is CCC(CC)CN(CC)C1C(C)CC(C)CC1O. The van der Waals surface area contributed by atoms with Crippen molar-refractivity contribution in [3.63, 3.8) is 0 Å². The summed E-state index contributed by atoms with van der Waals surface area (Å²) in [5, 5.41) is 10.4. The molecule has 1 N–H and O–H groups in total. The van der Waals surface area contributed by atoms with Crippen molar-refractivity contribution < 1.29 is 5.11 Å². The van der Waals surface area contributed by atoms with Crippen LogP contribution in [0.15, 0.2) is 0 Å². The largest absolute Gasteiger partial charge is 0.391 e. The molecule has 0 aromatic heterocycles. The van der Waals surface area contributed by atoms with E-state index in [2.05, 4.69) is 39.5 Å². The molecule has 0 heterocycles. The van der Waals surface area contributed by atoms with Gasteiger partial charge in [-0.2, -0.15) is 0 Å². The van der Waals surface area contributed by atoms with Crippen molar-refractivity contribution in [2.24, 2.45) is 17.8 Å². The molecule has 4 unspecified atom stereocenters. The molecule has 2 heteroatoms. The van der Waals surface area contributed by atoms with Crippen LogP contribution in [0.3, 0.4) is 0 Å². The van der Waals surface area contributed by atoms with E-state index in [1.54, 1.807) is 0 Å². The van der Waals surface area contributed by atoms with E-state index in [0.717, 1.165) is 25.4 Å². The van der Waals surface area contributed by atoms with E-state index < -0.39 is 0 Å². The molecule has 1 aliphatic carbocycles. The number of nitrogens with zero attached hydrogens (tertiary/aromatic N) is 1. The van der Waals surface area contributed by atoms with Gasteiger partial charge < -0.3 is 5.11 Å². The predicted molar refractivity (Wildman–Crippen MR) is 78.7 cm³/mol. The van der Waals surface area contributed by atoms with Crippen LogP contribution in [-0.2, 0) is 0 Å². The number of hydrogen-bond acceptors (Lipinski definition) is 2. The van der Waals surface area contributed by atoms with Crippen LogP contribution in [0.25, 0.3) is 0 Å². The highest BCUT2D eigenvalue weighted by Gasteiger charge is 2.36. The summed E-state index contributed by atoms with van der Waals surface area (Å²) in [6, 6.07) is 0.381. The summed E-state index contributed by atoms with van der Waals surface area (Å²) in [6.07, 6.45) is 4.62. The zero-order chi connectivity index (χ0) is 13.7. The first-order valence-corrected chi connectivity index (χ1v) is 7.95. The third-order valence-corrected chi connectivity index (χ3v) is 4.87. The van der Waals surface area contributed by atoms with E-state index in [-0.39, 0.29) is 6.10 Å². The lowest BCUT2D eigenvalue weighted by Gasteiger charge is -2.44. The minimum Gasteiger partial charge on any atom is -0.391 e. The Morgan fingerprint density at radius 1 is 1.11 bits per heavy atom. The van der Waals surface area contributed by atoms with Crippen molar-refractivity contribution in [1.82, 2.24) is 4.90 Å². The van der Waals surface area contributed by atoms with Crippen LogP contribution < -0.4 is 0 Å². The number of aliphatic hydroxyl groups excluding tert-OH is 1. The molecule has 0 aromatic rings. The maximum Gasteiger partial charge on any atom is 0.0700 e. The third-order valence-electron chi connectivity index (χ3n) is 4.87. The van der Waals surface area contributed by atoms with Crippen LogP contribution >= 0.6 is 0 Å². The Morgan fingerprint density at radius 3 is 2.17 bits per heavy atom. The molecule has 0 amide bonds. The molecule has 0 bridgehead atoms. The van der Waals surface area contributed by atoms with Gasteiger partial charge in [0, 0.05) is 12.6 Å². The maximum absolute atomic E-state index is 10.4. The van der Waals surface area contributed by atoms with Crippen molar-refractivity contribution in [1.29, 1.82) is 0 Å². The Labute approximate surface area is 114 Å². The highest BCUT2D eigenvalue weighted by atomic mass is 16.3. The summed E-state index contributed by atoms with van der Waals surface area (Å²) in [5.74, 6) is 2.08. The van der Waals surface area contributed by atoms with E-state index in [1.165, 1.54) is 19.3 Å². The van der Waals surface area contributed by atoms with Gasteiger partial charge in [-0.1, -0.05) is 47.5 Å². The smallest absolute Gasteiger partial charge is 0.0700 e. The summed E-state index contributed by atoms with van der Waals surface area (Å²) >= 11 is 0. The molecule has 4 atom stereocenters. The number of hydrogen-bond donors (Lipinski definition) is 1. The first kappa shape index (κ1) is 16.0. The topological polar surface area (TPSA) is 23.5 Å². The molecule has 0 saturated heterocycles. The van der Waals surface area contributed by atoms with Crippen LogP contribution in [0.1, 0.15) is 60.3 Å². The lowest BCUT2D eigenvalue weighted by atomic mass is 9.77. The molecule has 108 valence electrons. The lowest BCUT2D eigenvalue weighted by molar-refractivity contribution is -0.0283. The second-order valence-corrected chi connectivity index (χ2v) is 6.38. The molecule has 1 rings (SSSR count). The van der Waals surface area contributed by atoms with Crippen LogP contribution in [0.2, 0.25) is 0 Å². The molecule has 0 aliphatic heterocycles. The van der Waals surface area contributed by atoms with Gasteiger partial charge in [-0.05, 0) is 37.1 Å². The summed E-state index contributed by atoms with van der Waals surface area (Å²) in [4.78, 5) is 2.54. The van der Waals surface area contributed by atoms with E-state index in [0.29, 0.717) is 17.9 Å². The van der Waals surface area contributed by atoms with Gasteiger partial charge in [0.05, 0.1) is 6.10 Å². The molecule has 0 radical (unpaired) electrons. The second-order valence-electron chi connectivity index (χ2n) is 6.38. The highest BCUT2D eigenvalue weighted by molar-refractivity contribution is 4.90. The summed E-state index contributed by atoms with van der Waals surface area (Å²) < 4.78 is 0. The summed E-state index contributed by atoms with van der Waals surface area (Å²) in [5.41, 5.74) is 0. The molecule has 0 aromatic carbocycles. The Hall–Kier alpha value is -0.0800. The van der Waals surface area contributed by atoms with Gasteiger partial charge in [0.2, 0.25) is 0 Å². The minimum absolute atomic E-state index is 0.127. The van der Waals surface area contributed by atoms with Gasteiger partial charge >= 0.3 is 0 Å². The van der Waals surface area contributed by atoms with E-state index >= 15 is 0 Å². The minimum atomic E-state index is -0.127. The lowest BCUT2D eigenvalue weighted by Crippen LogP contribution is -2.52. The average Bonchev–Trinajstić information content (AvgIpc) is 2.32. The van der Waals surface area contributed by atoms with Crippen molar-refractivity contribution >= 4 is 0 Å². The van der Waals surface area contributed by atoms with Crippen molar-refractivity contribution in [3.05, 3.63) is 0 Å². The number of rotatable bonds is 6. The highest BCUT2D eigenvalue weighted by Crippen LogP contribution is 2.33. The first-order chi connectivity index (χ1) is 8.53. The van der Waals surface area contributed by atoms with Crippen LogP contribution in [0.5, 0.6) is 0 Å². The summed E-state index contributed by atoms with van der Waals surface area (Å²) in [6.45, 7) is 13.6. The van der Waals surface area contributed by atoms with Gasteiger partial charge in [0.25, 0.3) is 0 Å². The molecule has 1 saturated carbocycles. The molecule has 2 nitrogen and oxygen atoms in total. The zero-order valence-electron chi connectivity index (χ0n) is 13.0. The number of likely N-dealkylation sites (N-methyl/N-ethyl adjacent to an activating group) is 1. The zero-order valence-corrected chi connectivity index (χ0v) is 13.0. The van der Waals surface area contributed by atoms with E-state index in [1.807, 2.05) is 0 Å². The molecule has 18 heavy (non-hydrogen) atoms. The molecular weight excluding hydrogens is 222 g/mol. The monoisotopic (exact) mass is 255 g/mol. The fraction of sp³-hybridized carbons (Fsp3) is 1.00. The standard InChI is InChI=1S/C16H33NO/c1-6-14(7-2)11-17(8-3)16-13(5)9-12(4)10-15(16)18/h12-16,18H,6-11H2,1-5H3. The normalized spacial score (nSPS) is 33.3. The van der Waals surface area contributed by atoms with Gasteiger partial charge in [0.15, 0.2) is 0 Å². The quantitative estimate of drug-likeness (QED) is 0.784. The van der Waals surface area contributed by atoms with Gasteiger partial charge in [0.1, 0.15) is 0 Å². The Kier molecular flexibility index (Phi) is 6.65. The Morgan fingerprint density at radius 2 is 1.72 bits per heavy atom. The first-order valence-electron chi connectivity index (χ1n) is 7.95. The van der Waals surface area contributed by atoms with Crippen molar-refractivity contribution in [3.8, 4) is 0 Å². The van der Waals surface area contributed by atoms with E-state index in [4.69, 9.17) is 0 Å². The van der Waals surface area contributed by atoms with Crippen LogP contribution in [0, 0.1) is 17.8 Å². The van der Waals surface area contributed by atoms with Crippen molar-refractivity contribution in [2.45, 2.75) is 72.4 Å². The van der Waals surface area contributed by atoms with Gasteiger partial charge in [-0.15, -0.1) is 0 Å². The molecule has 1 fully saturated rings. The maximum atomic E-state index is 10.4. The second kappa shape index (κ2) is 7.49. The molecule has 1 aliphatic rings. The van der Waals surface area contributed by atoms with E-state index in [9.17, 15) is 5.11 Å². The average molecular weight is 255 g/mol. The molecule has 0 spiro atoms. The molecular formula is C16H33NO. The van der Waals surface area contributed by atoms with Gasteiger partial charge in [-0.3, -0.25) is 4.90 Å².